The van der Waals surface area contributed by atoms with Gasteiger partial charge in [-0.05, 0) is 42.5 Å². The summed E-state index contributed by atoms with van der Waals surface area (Å²) < 4.78 is 106. The van der Waals surface area contributed by atoms with Gasteiger partial charge in [-0.2, -0.15) is 0 Å². The third-order valence-electron chi connectivity index (χ3n) is 14.4. The van der Waals surface area contributed by atoms with Gasteiger partial charge in [0.05, 0.1) is 31.5 Å². The van der Waals surface area contributed by atoms with Crippen molar-refractivity contribution in [1.29, 1.82) is 0 Å². The molecule has 1 aromatic carbocycles. The number of nitrogens with two attached hydrogens (primary N) is 2. The van der Waals surface area contributed by atoms with E-state index in [1.165, 1.54) is 31.4 Å². The molecule has 0 radical (unpaired) electrons. The van der Waals surface area contributed by atoms with E-state index in [2.05, 4.69) is 63.8 Å². The molecule has 3 unspecified atom stereocenters. The van der Waals surface area contributed by atoms with E-state index in [0.29, 0.717) is 11.3 Å². The predicted molar refractivity (Wildman–Crippen MR) is 312 cm³/mol. The quantitative estimate of drug-likeness (QED) is 0.0220. The van der Waals surface area contributed by atoms with E-state index in [0.717, 1.165) is 50.1 Å². The number of anilines is 3. The van der Waals surface area contributed by atoms with E-state index < -0.39 is 143 Å². The summed E-state index contributed by atoms with van der Waals surface area (Å²) >= 11 is 4.02. The fourth-order valence-electron chi connectivity index (χ4n) is 9.75. The Balaban J connectivity index is 0.738. The van der Waals surface area contributed by atoms with Crippen molar-refractivity contribution in [3.8, 4) is 0 Å². The van der Waals surface area contributed by atoms with Crippen molar-refractivity contribution in [1.82, 2.24) is 59.8 Å². The average Bonchev–Trinajstić information content (AvgIpc) is 1.63. The Labute approximate surface area is 519 Å². The summed E-state index contributed by atoms with van der Waals surface area (Å²) in [5.74, 6) is -3.68. The summed E-state index contributed by atoms with van der Waals surface area (Å²) in [5, 5.41) is 13.0. The van der Waals surface area contributed by atoms with Gasteiger partial charge in [-0.3, -0.25) is 56.9 Å². The molecule has 0 aliphatic carbocycles. The lowest BCUT2D eigenvalue weighted by atomic mass is 10.0. The normalized spacial score (nSPS) is 25.6. The summed E-state index contributed by atoms with van der Waals surface area (Å²) in [7, 11) is -3.88. The number of alkyl halides is 2. The first-order valence-electron chi connectivity index (χ1n) is 27.8. The van der Waals surface area contributed by atoms with E-state index in [1.54, 1.807) is 26.0 Å². The van der Waals surface area contributed by atoms with Crippen LogP contribution in [0.25, 0.3) is 22.2 Å². The number of rotatable bonds is 21. The molecule has 3 fully saturated rings. The number of carbonyl (C=O) groups is 8. The summed E-state index contributed by atoms with van der Waals surface area (Å²) in [4.78, 5) is 134. The molecule has 35 nitrogen and oxygen atoms in total. The number of likely N-dealkylation sites (N-methyl/N-ethyl adjacent to an activating group) is 1. The zero-order valence-electron chi connectivity index (χ0n) is 48.3. The molecule has 9 amide bonds. The van der Waals surface area contributed by atoms with Crippen LogP contribution in [-0.4, -0.2) is 192 Å². The molecule has 91 heavy (non-hydrogen) atoms. The van der Waals surface area contributed by atoms with Crippen molar-refractivity contribution < 1.29 is 98.2 Å². The summed E-state index contributed by atoms with van der Waals surface area (Å²) in [6.45, 7) is -3.86. The molecule has 0 bridgehead atoms. The maximum atomic E-state index is 16.6. The number of imidazole rings is 1. The van der Waals surface area contributed by atoms with Gasteiger partial charge in [0.25, 0.3) is 11.8 Å². The molecule has 40 heteroatoms. The van der Waals surface area contributed by atoms with Crippen molar-refractivity contribution in [3.63, 3.8) is 0 Å². The summed E-state index contributed by atoms with van der Waals surface area (Å²) in [5.41, 5.74) is 12.0. The van der Waals surface area contributed by atoms with Crippen molar-refractivity contribution >= 4 is 114 Å². The number of hydrogen-bond acceptors (Lipinski definition) is 24. The second kappa shape index (κ2) is 28.9. The molecular weight excluding hydrogens is 1270 g/mol. The average molecular weight is 1340 g/mol. The van der Waals surface area contributed by atoms with Gasteiger partial charge < -0.3 is 66.0 Å². The molecule has 4 aliphatic heterocycles. The van der Waals surface area contributed by atoms with E-state index in [9.17, 15) is 52.4 Å². The van der Waals surface area contributed by atoms with Crippen molar-refractivity contribution in [2.45, 2.75) is 101 Å². The molecule has 10 N–H and O–H groups in total. The highest BCUT2D eigenvalue weighted by atomic mass is 32.7. The lowest BCUT2D eigenvalue weighted by Crippen LogP contribution is -2.54. The zero-order valence-corrected chi connectivity index (χ0v) is 51.0. The lowest BCUT2D eigenvalue weighted by molar-refractivity contribution is -0.137. The van der Waals surface area contributed by atoms with Gasteiger partial charge in [0, 0.05) is 50.6 Å². The van der Waals surface area contributed by atoms with Crippen molar-refractivity contribution in [3.05, 3.63) is 73.2 Å². The second-order valence-electron chi connectivity index (χ2n) is 21.1. The minimum absolute atomic E-state index is 0.0179. The number of urea groups is 1. The van der Waals surface area contributed by atoms with Crippen LogP contribution in [0.3, 0.4) is 0 Å². The highest BCUT2D eigenvalue weighted by molar-refractivity contribution is 8.44. The van der Waals surface area contributed by atoms with Crippen molar-refractivity contribution in [2.75, 3.05) is 62.9 Å². The number of nitrogens with zero attached hydrogens (tertiary/aromatic N) is 9. The number of phosphoric acid groups is 1. The molecule has 8 heterocycles. The van der Waals surface area contributed by atoms with Gasteiger partial charge in [0.1, 0.15) is 79.3 Å². The predicted octanol–water partition coefficient (Wildman–Crippen LogP) is 2.42. The molecule has 9 rings (SSSR count). The first-order valence-corrected chi connectivity index (χ1v) is 32.0. The molecule has 12 atom stereocenters. The van der Waals surface area contributed by atoms with E-state index in [-0.39, 0.29) is 85.9 Å². The number of carbonyl (C=O) groups excluding carboxylic acids is 8. The number of fused-ring (bicyclic) bond motifs is 4. The Hall–Kier alpha value is -8.32. The Morgan fingerprint density at radius 1 is 0.846 bits per heavy atom. The number of halogens is 2. The van der Waals surface area contributed by atoms with Gasteiger partial charge in [-0.1, -0.05) is 38.2 Å². The number of thiol groups is 1. The van der Waals surface area contributed by atoms with Gasteiger partial charge in [-0.25, -0.2) is 57.2 Å². The Morgan fingerprint density at radius 2 is 1.51 bits per heavy atom. The number of nitrogen functional groups attached to an aromatic ring is 1. The van der Waals surface area contributed by atoms with Gasteiger partial charge in [-0.15, -0.1) is 0 Å². The Morgan fingerprint density at radius 3 is 2.20 bits per heavy atom. The molecule has 0 saturated carbocycles. The summed E-state index contributed by atoms with van der Waals surface area (Å²) in [6.07, 6.45) is -9.75. The number of ether oxygens (including phenoxy) is 4. The van der Waals surface area contributed by atoms with Crippen LogP contribution in [0.5, 0.6) is 0 Å². The number of imide groups is 1. The molecule has 3 saturated heterocycles. The van der Waals surface area contributed by atoms with Crippen LogP contribution in [0.1, 0.15) is 51.1 Å². The van der Waals surface area contributed by atoms with Crippen LogP contribution in [0, 0.1) is 5.92 Å². The SMILES string of the molecule is CC(C)C(NC(=O)CCN1C(=O)C=CC1=O)C(=O)N[C@@H](CCCNC(N)=O)C(=O)Nc1ccc(COC(=O)N(C)CCOC(=O)Nc2ncnc3c2ccn3[C@@H]2OC3CO[P@@](=O)(S)O[C@H]4[C@@H](F)[C@H](n5cnc6c(N)ncnc65)O[C@@H]4COP(=O)(O)O[C@H]3[C@H]2F)cc1. The number of benzene rings is 1. The zero-order chi connectivity index (χ0) is 65.5. The smallest absolute Gasteiger partial charge is 0.447 e. The molecule has 0 spiro atoms. The standard InChI is InChI=1S/C51H62F2N16O19P2S/c1-25(2)37(64-32(70)13-16-67-33(71)10-11-34(67)72)46(74)63-29(5-4-14-56-49(55)75)45(73)62-27-8-6-26(7-9-27)19-82-51(77)66(3)17-18-81-50(76)65-42-28-12-15-68(43(28)59-23-58-42)47-35(52)39-31(85-47)21-84-90(80,91)88-40-30(20-83-89(78,79)87-39)86-48(36(40)53)69-24-61-38-41(54)57-22-60-44(38)69/h6-12,15,22-25,29-31,35-37,39-40,47-48H,4-5,13-14,16-21H2,1-3H3,(H,62,73)(H,63,74)(H,64,70)(H,78,79)(H,80,91)(H2,54,57,60)(H3,55,56,75)(H,58,59,65,76)/t29-,30+,31?,35+,36+,37?,39+,40+,47+,48+,90+/m0/s1. The van der Waals surface area contributed by atoms with Crippen LogP contribution in [-0.2, 0) is 76.8 Å². The lowest BCUT2D eigenvalue weighted by Gasteiger charge is -2.27. The molecule has 490 valence electrons. The van der Waals surface area contributed by atoms with Gasteiger partial charge >= 0.3 is 32.8 Å². The molecule has 5 aromatic rings. The minimum Gasteiger partial charge on any atom is -0.447 e. The van der Waals surface area contributed by atoms with E-state index in [1.807, 2.05) is 0 Å². The number of phosphoric ester groups is 1. The highest BCUT2D eigenvalue weighted by Gasteiger charge is 2.55. The van der Waals surface area contributed by atoms with Crippen LogP contribution in [0.4, 0.5) is 40.5 Å². The molecule has 4 aromatic heterocycles. The van der Waals surface area contributed by atoms with Crippen LogP contribution < -0.4 is 38.1 Å². The number of hydrogen-bond donors (Lipinski definition) is 9. The number of nitrogens with one attached hydrogen (secondary N) is 5. The fourth-order valence-corrected chi connectivity index (χ4v) is 12.2. The van der Waals surface area contributed by atoms with Crippen LogP contribution in [0.15, 0.2) is 67.7 Å². The third kappa shape index (κ3) is 16.4. The van der Waals surface area contributed by atoms with Crippen molar-refractivity contribution in [2.24, 2.45) is 11.7 Å². The largest absolute Gasteiger partial charge is 0.472 e. The maximum Gasteiger partial charge on any atom is 0.472 e. The van der Waals surface area contributed by atoms with E-state index >= 15 is 8.78 Å². The highest BCUT2D eigenvalue weighted by Crippen LogP contribution is 2.59. The molecule has 4 aliphatic rings. The van der Waals surface area contributed by atoms with Gasteiger partial charge in [0.2, 0.25) is 17.7 Å². The maximum absolute atomic E-state index is 16.6. The first kappa shape index (κ1) is 67.1. The fraction of sp³-hybridized carbons (Fsp3) is 0.471. The minimum atomic E-state index is -5.26. The van der Waals surface area contributed by atoms with Crippen LogP contribution >= 0.6 is 26.9 Å². The first-order chi connectivity index (χ1) is 43.3. The monoisotopic (exact) mass is 1330 g/mol. The topological polar surface area (TPSA) is 458 Å². The third-order valence-corrected chi connectivity index (χ3v) is 17.0. The Kier molecular flexibility index (Phi) is 21.3. The number of primary amides is 1. The van der Waals surface area contributed by atoms with E-state index in [4.69, 9.17) is 48.5 Å². The Bertz CT molecular complexity index is 3690. The second-order valence-corrected chi connectivity index (χ2v) is 25.4. The number of aromatic nitrogens is 7. The molecular formula is C51H62F2N16O19P2S. The van der Waals surface area contributed by atoms with Gasteiger partial charge in [0.15, 0.2) is 36.3 Å². The number of amides is 9. The summed E-state index contributed by atoms with van der Waals surface area (Å²) in [6, 6.07) is 4.47. The van der Waals surface area contributed by atoms with Crippen LogP contribution in [0.2, 0.25) is 0 Å².